The number of hydrogen-bond donors (Lipinski definition) is 0. The van der Waals surface area contributed by atoms with Gasteiger partial charge in [0.15, 0.2) is 0 Å². The Kier molecular flexibility index (Phi) is 33.1. The number of ether oxygens (including phenoxy) is 3. The van der Waals surface area contributed by atoms with E-state index in [1.807, 2.05) is 19.0 Å². The second-order valence-corrected chi connectivity index (χ2v) is 14.3. The molecule has 0 aliphatic carbocycles. The van der Waals surface area contributed by atoms with E-state index in [0.717, 1.165) is 38.5 Å². The van der Waals surface area contributed by atoms with Gasteiger partial charge < -0.3 is 19.1 Å². The highest BCUT2D eigenvalue weighted by molar-refractivity contribution is 5.90. The van der Waals surface area contributed by atoms with Crippen molar-refractivity contribution in [1.82, 2.24) is 9.88 Å². The van der Waals surface area contributed by atoms with E-state index in [-0.39, 0.29) is 5.97 Å². The van der Waals surface area contributed by atoms with Gasteiger partial charge in [0, 0.05) is 18.7 Å². The molecular formula is C46H78N2O4. The van der Waals surface area contributed by atoms with Crippen LogP contribution in [-0.4, -0.2) is 56.3 Å². The van der Waals surface area contributed by atoms with Crippen molar-refractivity contribution in [2.24, 2.45) is 0 Å². The van der Waals surface area contributed by atoms with Gasteiger partial charge in [-0.3, -0.25) is 0 Å². The van der Waals surface area contributed by atoms with Gasteiger partial charge in [0.2, 0.25) is 11.8 Å². The minimum atomic E-state index is -0.374. The van der Waals surface area contributed by atoms with Crippen molar-refractivity contribution in [1.29, 1.82) is 0 Å². The van der Waals surface area contributed by atoms with Crippen LogP contribution in [-0.2, 0) is 4.74 Å². The maximum Gasteiger partial charge on any atom is 0.338 e. The van der Waals surface area contributed by atoms with E-state index < -0.39 is 0 Å². The number of esters is 1. The Morgan fingerprint density at radius 3 is 1.33 bits per heavy atom. The highest BCUT2D eigenvalue weighted by Crippen LogP contribution is 2.20. The van der Waals surface area contributed by atoms with Crippen molar-refractivity contribution < 1.29 is 19.0 Å². The van der Waals surface area contributed by atoms with Crippen LogP contribution in [0.3, 0.4) is 0 Å². The quantitative estimate of drug-likeness (QED) is 0.0390. The van der Waals surface area contributed by atoms with Crippen LogP contribution in [0.2, 0.25) is 0 Å². The van der Waals surface area contributed by atoms with Crippen LogP contribution < -0.4 is 9.47 Å². The highest BCUT2D eigenvalue weighted by Gasteiger charge is 2.13. The maximum atomic E-state index is 12.8. The van der Waals surface area contributed by atoms with Crippen LogP contribution in [0.1, 0.15) is 178 Å². The molecule has 6 nitrogen and oxygen atoms in total. The van der Waals surface area contributed by atoms with Crippen molar-refractivity contribution >= 4 is 5.97 Å². The van der Waals surface area contributed by atoms with Gasteiger partial charge in [-0.25, -0.2) is 4.79 Å². The lowest BCUT2D eigenvalue weighted by Gasteiger charge is -2.13. The first kappa shape index (κ1) is 47.2. The van der Waals surface area contributed by atoms with Crippen LogP contribution in [0.4, 0.5) is 0 Å². The molecule has 0 unspecified atom stereocenters. The lowest BCUT2D eigenvalue weighted by Crippen LogP contribution is -2.20. The molecule has 0 N–H and O–H groups in total. The van der Waals surface area contributed by atoms with Gasteiger partial charge in [0.05, 0.1) is 18.8 Å². The molecule has 0 spiro atoms. The number of pyridine rings is 1. The summed E-state index contributed by atoms with van der Waals surface area (Å²) in [6, 6.07) is 3.36. The number of nitrogens with zero attached hydrogens (tertiary/aromatic N) is 2. The molecule has 1 rings (SSSR count). The summed E-state index contributed by atoms with van der Waals surface area (Å²) in [5, 5.41) is 0. The Morgan fingerprint density at radius 2 is 0.923 bits per heavy atom. The first-order valence-electron chi connectivity index (χ1n) is 21.3. The SMILES string of the molecule is CCCCCC=CCC=CCCCCCCCCOc1cc(C(=O)OCCN(C)C)cc(OCCCCCCCCC=CCC=CCCCCC)n1. The molecule has 0 atom stereocenters. The average Bonchev–Trinajstić information content (AvgIpc) is 3.14. The Morgan fingerprint density at radius 1 is 0.538 bits per heavy atom. The summed E-state index contributed by atoms with van der Waals surface area (Å²) in [5.74, 6) is 0.481. The van der Waals surface area contributed by atoms with E-state index in [4.69, 9.17) is 14.2 Å². The molecule has 52 heavy (non-hydrogen) atoms. The zero-order valence-electron chi connectivity index (χ0n) is 34.1. The Balaban J connectivity index is 2.29. The van der Waals surface area contributed by atoms with Gasteiger partial charge in [-0.2, -0.15) is 4.98 Å². The standard InChI is InChI=1S/C46H78N2O4/c1-5-7-9-11-13-15-17-19-21-23-25-27-29-31-33-35-38-50-44-41-43(46(49)52-40-37-48(3)4)42-45(47-44)51-39-36-34-32-30-28-26-24-22-20-18-16-14-12-10-8-6-2/h13-16,19-22,41-42H,5-12,17-18,23-40H2,1-4H3. The number of rotatable bonds is 36. The molecule has 0 saturated carbocycles. The summed E-state index contributed by atoms with van der Waals surface area (Å²) >= 11 is 0. The van der Waals surface area contributed by atoms with Gasteiger partial charge in [-0.15, -0.1) is 0 Å². The van der Waals surface area contributed by atoms with Gasteiger partial charge in [-0.05, 0) is 91.1 Å². The Bertz CT molecular complexity index is 1010. The normalized spacial score (nSPS) is 12.0. The summed E-state index contributed by atoms with van der Waals surface area (Å²) in [4.78, 5) is 19.4. The zero-order valence-corrected chi connectivity index (χ0v) is 34.1. The van der Waals surface area contributed by atoms with Crippen LogP contribution in [0, 0.1) is 0 Å². The first-order valence-corrected chi connectivity index (χ1v) is 21.3. The molecule has 1 aromatic rings. The molecular weight excluding hydrogens is 645 g/mol. The lowest BCUT2D eigenvalue weighted by atomic mass is 10.1. The van der Waals surface area contributed by atoms with E-state index in [1.165, 1.54) is 116 Å². The van der Waals surface area contributed by atoms with E-state index in [2.05, 4.69) is 67.4 Å². The maximum absolute atomic E-state index is 12.8. The molecule has 0 aromatic carbocycles. The van der Waals surface area contributed by atoms with Crippen LogP contribution in [0.15, 0.2) is 60.7 Å². The molecule has 0 aliphatic rings. The molecule has 0 amide bonds. The van der Waals surface area contributed by atoms with Crippen LogP contribution in [0.5, 0.6) is 11.8 Å². The average molecular weight is 723 g/mol. The topological polar surface area (TPSA) is 60.9 Å². The first-order chi connectivity index (χ1) is 25.6. The summed E-state index contributed by atoms with van der Waals surface area (Å²) < 4.78 is 17.5. The molecule has 0 bridgehead atoms. The second-order valence-electron chi connectivity index (χ2n) is 14.3. The Labute approximate surface area is 320 Å². The summed E-state index contributed by atoms with van der Waals surface area (Å²) in [7, 11) is 3.92. The molecule has 0 aliphatic heterocycles. The number of allylic oxidation sites excluding steroid dienone is 8. The summed E-state index contributed by atoms with van der Waals surface area (Å²) in [5.41, 5.74) is 0.424. The van der Waals surface area contributed by atoms with Gasteiger partial charge >= 0.3 is 5.97 Å². The Hall–Kier alpha value is -2.86. The zero-order chi connectivity index (χ0) is 37.6. The number of unbranched alkanes of at least 4 members (excludes halogenated alkanes) is 18. The number of carbonyl (C=O) groups excluding carboxylic acids is 1. The molecule has 296 valence electrons. The minimum absolute atomic E-state index is 0.334. The molecule has 1 heterocycles. The molecule has 6 heteroatoms. The highest BCUT2D eigenvalue weighted by atomic mass is 16.5. The van der Waals surface area contributed by atoms with E-state index in [0.29, 0.717) is 43.7 Å². The lowest BCUT2D eigenvalue weighted by molar-refractivity contribution is 0.0480. The molecule has 0 saturated heterocycles. The van der Waals surface area contributed by atoms with Gasteiger partial charge in [-0.1, -0.05) is 140 Å². The van der Waals surface area contributed by atoms with Crippen molar-refractivity contribution in [3.63, 3.8) is 0 Å². The monoisotopic (exact) mass is 723 g/mol. The summed E-state index contributed by atoms with van der Waals surface area (Å²) in [6.07, 6.45) is 47.5. The predicted octanol–water partition coefficient (Wildman–Crippen LogP) is 13.2. The fourth-order valence-corrected chi connectivity index (χ4v) is 5.68. The minimum Gasteiger partial charge on any atom is -0.478 e. The smallest absolute Gasteiger partial charge is 0.338 e. The van der Waals surface area contributed by atoms with E-state index in [9.17, 15) is 4.79 Å². The fourth-order valence-electron chi connectivity index (χ4n) is 5.68. The molecule has 0 radical (unpaired) electrons. The third kappa shape index (κ3) is 30.7. The van der Waals surface area contributed by atoms with Crippen molar-refractivity contribution in [2.45, 2.75) is 168 Å². The van der Waals surface area contributed by atoms with Gasteiger partial charge in [0.25, 0.3) is 0 Å². The number of likely N-dealkylation sites (N-methyl/N-ethyl adjacent to an activating group) is 1. The van der Waals surface area contributed by atoms with Crippen LogP contribution in [0.25, 0.3) is 0 Å². The largest absolute Gasteiger partial charge is 0.478 e. The number of aromatic nitrogens is 1. The molecule has 0 fully saturated rings. The van der Waals surface area contributed by atoms with Crippen LogP contribution >= 0.6 is 0 Å². The van der Waals surface area contributed by atoms with E-state index in [1.54, 1.807) is 12.1 Å². The fraction of sp³-hybridized carbons (Fsp3) is 0.696. The predicted molar refractivity (Wildman–Crippen MR) is 223 cm³/mol. The summed E-state index contributed by atoms with van der Waals surface area (Å²) in [6.45, 7) is 6.66. The third-order valence-corrected chi connectivity index (χ3v) is 8.98. The van der Waals surface area contributed by atoms with Crippen molar-refractivity contribution in [3.8, 4) is 11.8 Å². The van der Waals surface area contributed by atoms with Crippen molar-refractivity contribution in [2.75, 3.05) is 40.5 Å². The van der Waals surface area contributed by atoms with Crippen molar-refractivity contribution in [3.05, 3.63) is 66.3 Å². The van der Waals surface area contributed by atoms with Gasteiger partial charge in [0.1, 0.15) is 6.61 Å². The van der Waals surface area contributed by atoms with E-state index >= 15 is 0 Å². The number of carbonyl (C=O) groups is 1. The number of hydrogen-bond acceptors (Lipinski definition) is 6. The molecule has 1 aromatic heterocycles. The third-order valence-electron chi connectivity index (χ3n) is 8.98. The second kappa shape index (κ2) is 36.5.